The van der Waals surface area contributed by atoms with Gasteiger partial charge in [0.1, 0.15) is 6.07 Å². The third-order valence-corrected chi connectivity index (χ3v) is 3.20. The van der Waals surface area contributed by atoms with Crippen LogP contribution in [0.1, 0.15) is 16.7 Å². The molecule has 3 nitrogen and oxygen atoms in total. The van der Waals surface area contributed by atoms with Crippen molar-refractivity contribution in [3.05, 3.63) is 59.2 Å². The maximum atomic E-state index is 9.26. The summed E-state index contributed by atoms with van der Waals surface area (Å²) in [5.74, 6) is 0. The quantitative estimate of drug-likeness (QED) is 0.912. The minimum Gasteiger partial charge on any atom is -0.344 e. The summed E-state index contributed by atoms with van der Waals surface area (Å²) in [4.78, 5) is 2.01. The predicted molar refractivity (Wildman–Crippen MR) is 78.3 cm³/mol. The van der Waals surface area contributed by atoms with Gasteiger partial charge in [0.05, 0.1) is 11.3 Å². The number of nitriles is 1. The summed E-state index contributed by atoms with van der Waals surface area (Å²) in [6, 6.07) is 16.2. The van der Waals surface area contributed by atoms with Crippen LogP contribution in [0.4, 0.5) is 11.4 Å². The lowest BCUT2D eigenvalue weighted by atomic mass is 10.1. The second-order valence-corrected chi connectivity index (χ2v) is 4.56. The van der Waals surface area contributed by atoms with Gasteiger partial charge < -0.3 is 10.6 Å². The molecule has 0 aliphatic rings. The molecule has 0 amide bonds. The van der Waals surface area contributed by atoms with Crippen molar-refractivity contribution in [2.24, 2.45) is 5.73 Å². The zero-order valence-corrected chi connectivity index (χ0v) is 11.2. The van der Waals surface area contributed by atoms with Gasteiger partial charge >= 0.3 is 0 Å². The van der Waals surface area contributed by atoms with Gasteiger partial charge in [-0.25, -0.2) is 0 Å². The smallest absolute Gasteiger partial charge is 0.101 e. The van der Waals surface area contributed by atoms with E-state index in [1.807, 2.05) is 42.3 Å². The van der Waals surface area contributed by atoms with E-state index in [-0.39, 0.29) is 0 Å². The first-order chi connectivity index (χ1) is 9.15. The molecule has 0 spiro atoms. The molecule has 96 valence electrons. The van der Waals surface area contributed by atoms with E-state index in [9.17, 15) is 5.26 Å². The Balaban J connectivity index is 2.41. The van der Waals surface area contributed by atoms with Gasteiger partial charge in [-0.2, -0.15) is 5.26 Å². The van der Waals surface area contributed by atoms with Gasteiger partial charge in [-0.05, 0) is 36.8 Å². The first-order valence-corrected chi connectivity index (χ1v) is 6.19. The fourth-order valence-electron chi connectivity index (χ4n) is 2.00. The number of hydrogen-bond acceptors (Lipinski definition) is 3. The molecule has 0 radical (unpaired) electrons. The maximum absolute atomic E-state index is 9.26. The van der Waals surface area contributed by atoms with E-state index in [4.69, 9.17) is 5.73 Å². The van der Waals surface area contributed by atoms with Crippen LogP contribution in [0, 0.1) is 18.3 Å². The van der Waals surface area contributed by atoms with Crippen LogP contribution in [-0.4, -0.2) is 7.05 Å². The lowest BCUT2D eigenvalue weighted by Crippen LogP contribution is -2.11. The van der Waals surface area contributed by atoms with Crippen LogP contribution in [-0.2, 0) is 6.54 Å². The van der Waals surface area contributed by atoms with Gasteiger partial charge in [0.15, 0.2) is 0 Å². The molecule has 0 fully saturated rings. The average Bonchev–Trinajstić information content (AvgIpc) is 2.46. The van der Waals surface area contributed by atoms with Crippen LogP contribution in [0.25, 0.3) is 0 Å². The monoisotopic (exact) mass is 251 g/mol. The van der Waals surface area contributed by atoms with Crippen molar-refractivity contribution in [2.45, 2.75) is 13.5 Å². The van der Waals surface area contributed by atoms with E-state index >= 15 is 0 Å². The average molecular weight is 251 g/mol. The first kappa shape index (κ1) is 13.1. The number of hydrogen-bond donors (Lipinski definition) is 1. The van der Waals surface area contributed by atoms with Crippen molar-refractivity contribution in [2.75, 3.05) is 11.9 Å². The van der Waals surface area contributed by atoms with Gasteiger partial charge in [-0.15, -0.1) is 0 Å². The molecule has 0 saturated carbocycles. The standard InChI is InChI=1S/C16H17N3/c1-12-3-6-15(7-4-12)19(2)16-8-5-13(10-17)9-14(16)11-18/h3-9H,10,17H2,1-2H3. The van der Waals surface area contributed by atoms with Crippen molar-refractivity contribution in [1.29, 1.82) is 5.26 Å². The minimum atomic E-state index is 0.448. The second-order valence-electron chi connectivity index (χ2n) is 4.56. The van der Waals surface area contributed by atoms with Crippen molar-refractivity contribution in [3.8, 4) is 6.07 Å². The molecule has 0 aliphatic carbocycles. The largest absolute Gasteiger partial charge is 0.344 e. The fourth-order valence-corrected chi connectivity index (χ4v) is 2.00. The summed E-state index contributed by atoms with van der Waals surface area (Å²) < 4.78 is 0. The molecule has 0 saturated heterocycles. The van der Waals surface area contributed by atoms with Gasteiger partial charge in [0.25, 0.3) is 0 Å². The van der Waals surface area contributed by atoms with Crippen LogP contribution in [0.3, 0.4) is 0 Å². The van der Waals surface area contributed by atoms with Crippen LogP contribution in [0.15, 0.2) is 42.5 Å². The molecular formula is C16H17N3. The second kappa shape index (κ2) is 5.55. The summed E-state index contributed by atoms with van der Waals surface area (Å²) in [6.07, 6.45) is 0. The third-order valence-electron chi connectivity index (χ3n) is 3.20. The highest BCUT2D eigenvalue weighted by molar-refractivity contribution is 5.69. The lowest BCUT2D eigenvalue weighted by molar-refractivity contribution is 1.06. The van der Waals surface area contributed by atoms with Crippen molar-refractivity contribution < 1.29 is 0 Å². The topological polar surface area (TPSA) is 53.0 Å². The normalized spacial score (nSPS) is 10.0. The van der Waals surface area contributed by atoms with E-state index < -0.39 is 0 Å². The Morgan fingerprint density at radius 3 is 2.42 bits per heavy atom. The SMILES string of the molecule is Cc1ccc(N(C)c2ccc(CN)cc2C#N)cc1. The van der Waals surface area contributed by atoms with E-state index in [1.54, 1.807) is 0 Å². The third kappa shape index (κ3) is 2.75. The van der Waals surface area contributed by atoms with Crippen LogP contribution < -0.4 is 10.6 Å². The molecule has 0 unspecified atom stereocenters. The Morgan fingerprint density at radius 1 is 1.16 bits per heavy atom. The number of rotatable bonds is 3. The Bertz CT molecular complexity index is 609. The number of nitrogens with two attached hydrogens (primary N) is 1. The van der Waals surface area contributed by atoms with Crippen molar-refractivity contribution >= 4 is 11.4 Å². The fraction of sp³-hybridized carbons (Fsp3) is 0.188. The molecule has 19 heavy (non-hydrogen) atoms. The first-order valence-electron chi connectivity index (χ1n) is 6.19. The van der Waals surface area contributed by atoms with E-state index in [0.717, 1.165) is 16.9 Å². The molecule has 3 heteroatoms. The summed E-state index contributed by atoms with van der Waals surface area (Å²) in [5.41, 5.74) is 10.4. The number of benzene rings is 2. The molecular weight excluding hydrogens is 234 g/mol. The summed E-state index contributed by atoms with van der Waals surface area (Å²) in [7, 11) is 1.96. The number of aryl methyl sites for hydroxylation is 1. The molecule has 2 N–H and O–H groups in total. The van der Waals surface area contributed by atoms with E-state index in [2.05, 4.69) is 25.1 Å². The van der Waals surface area contributed by atoms with Crippen molar-refractivity contribution in [3.63, 3.8) is 0 Å². The Morgan fingerprint density at radius 2 is 1.84 bits per heavy atom. The van der Waals surface area contributed by atoms with Crippen LogP contribution in [0.2, 0.25) is 0 Å². The van der Waals surface area contributed by atoms with Crippen LogP contribution >= 0.6 is 0 Å². The molecule has 2 aromatic carbocycles. The highest BCUT2D eigenvalue weighted by Gasteiger charge is 2.09. The zero-order chi connectivity index (χ0) is 13.8. The summed E-state index contributed by atoms with van der Waals surface area (Å²) in [6.45, 7) is 2.50. The Labute approximate surface area is 113 Å². The molecule has 0 bridgehead atoms. The molecule has 2 rings (SSSR count). The van der Waals surface area contributed by atoms with Gasteiger partial charge in [-0.3, -0.25) is 0 Å². The minimum absolute atomic E-state index is 0.448. The number of nitrogens with zero attached hydrogens (tertiary/aromatic N) is 2. The molecule has 0 aromatic heterocycles. The predicted octanol–water partition coefficient (Wildman–Crippen LogP) is 3.09. The zero-order valence-electron chi connectivity index (χ0n) is 11.2. The van der Waals surface area contributed by atoms with Crippen molar-refractivity contribution in [1.82, 2.24) is 0 Å². The molecule has 0 heterocycles. The van der Waals surface area contributed by atoms with Gasteiger partial charge in [-0.1, -0.05) is 23.8 Å². The van der Waals surface area contributed by atoms with Gasteiger partial charge in [0, 0.05) is 19.3 Å². The van der Waals surface area contributed by atoms with E-state index in [0.29, 0.717) is 12.1 Å². The highest BCUT2D eigenvalue weighted by atomic mass is 15.1. The summed E-state index contributed by atoms with van der Waals surface area (Å²) in [5, 5.41) is 9.26. The molecule has 2 aromatic rings. The molecule has 0 atom stereocenters. The number of anilines is 2. The maximum Gasteiger partial charge on any atom is 0.101 e. The lowest BCUT2D eigenvalue weighted by Gasteiger charge is -2.21. The highest BCUT2D eigenvalue weighted by Crippen LogP contribution is 2.27. The Kier molecular flexibility index (Phi) is 3.84. The Hall–Kier alpha value is -2.31. The summed E-state index contributed by atoms with van der Waals surface area (Å²) >= 11 is 0. The van der Waals surface area contributed by atoms with Crippen LogP contribution in [0.5, 0.6) is 0 Å². The molecule has 0 aliphatic heterocycles. The van der Waals surface area contributed by atoms with Gasteiger partial charge in [0.2, 0.25) is 0 Å². The van der Waals surface area contributed by atoms with E-state index in [1.165, 1.54) is 5.56 Å².